The van der Waals surface area contributed by atoms with Crippen molar-refractivity contribution < 1.29 is 31.6 Å². The number of fused-ring (bicyclic) bond motifs is 1. The van der Waals surface area contributed by atoms with Gasteiger partial charge in [-0.3, -0.25) is 9.59 Å². The van der Waals surface area contributed by atoms with E-state index in [2.05, 4.69) is 5.32 Å². The molecule has 0 radical (unpaired) electrons. The fourth-order valence-corrected chi connectivity index (χ4v) is 4.43. The van der Waals surface area contributed by atoms with Gasteiger partial charge in [0.2, 0.25) is 5.91 Å². The van der Waals surface area contributed by atoms with Crippen LogP contribution in [0.25, 0.3) is 11.0 Å². The van der Waals surface area contributed by atoms with E-state index >= 15 is 0 Å². The molecule has 7 nitrogen and oxygen atoms in total. The molecule has 1 aromatic heterocycles. The Morgan fingerprint density at radius 2 is 1.57 bits per heavy atom. The second-order valence-electron chi connectivity index (χ2n) is 10.2. The normalized spacial score (nSPS) is 11.5. The summed E-state index contributed by atoms with van der Waals surface area (Å²) in [7, 11) is 0. The van der Waals surface area contributed by atoms with Gasteiger partial charge in [0.25, 0.3) is 0 Å². The highest BCUT2D eigenvalue weighted by Crippen LogP contribution is 2.34. The second kappa shape index (κ2) is 12.9. The molecule has 42 heavy (non-hydrogen) atoms. The molecule has 0 saturated heterocycles. The van der Waals surface area contributed by atoms with Crippen LogP contribution in [0.1, 0.15) is 30.5 Å². The number of halogens is 4. The zero-order valence-electron chi connectivity index (χ0n) is 23.0. The highest BCUT2D eigenvalue weighted by atomic mass is 19.4. The maximum absolute atomic E-state index is 13.7. The Morgan fingerprint density at radius 3 is 2.26 bits per heavy atom. The molecule has 0 fully saturated rings. The fourth-order valence-electron chi connectivity index (χ4n) is 4.43. The van der Waals surface area contributed by atoms with Crippen LogP contribution in [0.2, 0.25) is 0 Å². The summed E-state index contributed by atoms with van der Waals surface area (Å²) in [5.74, 6) is -1.17. The van der Waals surface area contributed by atoms with Crippen LogP contribution in [-0.2, 0) is 24.1 Å². The Balaban J connectivity index is 1.62. The van der Waals surface area contributed by atoms with E-state index < -0.39 is 41.7 Å². The number of nitrogens with one attached hydrogen (secondary N) is 1. The molecule has 1 N–H and O–H groups in total. The summed E-state index contributed by atoms with van der Waals surface area (Å²) in [6.45, 7) is 2.96. The van der Waals surface area contributed by atoms with Gasteiger partial charge >= 0.3 is 12.2 Å². The summed E-state index contributed by atoms with van der Waals surface area (Å²) >= 11 is 0. The van der Waals surface area contributed by atoms with Gasteiger partial charge in [0, 0.05) is 13.1 Å². The Morgan fingerprint density at radius 1 is 0.905 bits per heavy atom. The summed E-state index contributed by atoms with van der Waals surface area (Å²) in [5, 5.41) is 2.62. The quantitative estimate of drug-likeness (QED) is 0.223. The average Bonchev–Trinajstić information content (AvgIpc) is 2.94. The molecule has 0 aliphatic carbocycles. The molecular weight excluding hydrogens is 554 g/mol. The zero-order valence-corrected chi connectivity index (χ0v) is 23.0. The van der Waals surface area contributed by atoms with E-state index in [1.807, 2.05) is 0 Å². The Hall–Kier alpha value is -4.67. The van der Waals surface area contributed by atoms with Crippen molar-refractivity contribution in [3.8, 4) is 0 Å². The molecule has 0 bridgehead atoms. The van der Waals surface area contributed by atoms with Crippen molar-refractivity contribution in [3.05, 3.63) is 112 Å². The number of urea groups is 1. The first-order valence-electron chi connectivity index (χ1n) is 13.2. The average molecular weight is 584 g/mol. The van der Waals surface area contributed by atoms with E-state index in [1.54, 1.807) is 38.1 Å². The minimum absolute atomic E-state index is 0.0283. The van der Waals surface area contributed by atoms with Crippen LogP contribution in [0, 0.1) is 11.7 Å². The van der Waals surface area contributed by atoms with Crippen LogP contribution in [0.5, 0.6) is 0 Å². The number of hydrogen-bond acceptors (Lipinski definition) is 4. The fraction of sp³-hybridized carbons (Fsp3) is 0.258. The summed E-state index contributed by atoms with van der Waals surface area (Å²) < 4.78 is 59.7. The lowest BCUT2D eigenvalue weighted by molar-refractivity contribution is -0.137. The first kappa shape index (κ1) is 30.3. The Bertz CT molecular complexity index is 1620. The van der Waals surface area contributed by atoms with Crippen LogP contribution in [-0.4, -0.2) is 34.8 Å². The third-order valence-electron chi connectivity index (χ3n) is 6.43. The highest BCUT2D eigenvalue weighted by Gasteiger charge is 2.34. The van der Waals surface area contributed by atoms with Crippen molar-refractivity contribution in [2.24, 2.45) is 5.92 Å². The van der Waals surface area contributed by atoms with Gasteiger partial charge in [0.05, 0.1) is 35.0 Å². The maximum atomic E-state index is 13.7. The summed E-state index contributed by atoms with van der Waals surface area (Å²) in [6.07, 6.45) is -3.43. The maximum Gasteiger partial charge on any atom is 0.418 e. The molecule has 4 rings (SSSR count). The molecule has 3 aromatic carbocycles. The molecule has 220 valence electrons. The van der Waals surface area contributed by atoms with Gasteiger partial charge in [0.15, 0.2) is 5.43 Å². The van der Waals surface area contributed by atoms with E-state index in [4.69, 9.17) is 4.42 Å². The second-order valence-corrected chi connectivity index (χ2v) is 10.2. The molecule has 0 unspecified atom stereocenters. The van der Waals surface area contributed by atoms with Crippen molar-refractivity contribution >= 4 is 28.6 Å². The lowest BCUT2D eigenvalue weighted by atomic mass is 10.1. The minimum Gasteiger partial charge on any atom is -0.464 e. The van der Waals surface area contributed by atoms with Gasteiger partial charge in [-0.1, -0.05) is 50.2 Å². The number of anilines is 1. The standard InChI is InChI=1S/C31H29F4N3O4/c1-20(2)15-38(30(41)36-26-9-5-4-8-25(26)31(33,34)35)18-28(39)37(16-21-11-13-23(32)14-12-21)17-22-19-42-27-10-6-3-7-24(27)29(22)40/h3-14,19-20H,15-18H2,1-2H3,(H,36,41). The number of benzene rings is 3. The molecule has 3 amide bonds. The van der Waals surface area contributed by atoms with E-state index in [9.17, 15) is 31.9 Å². The Kier molecular flexibility index (Phi) is 9.29. The number of carbonyl (C=O) groups is 2. The minimum atomic E-state index is -4.70. The third-order valence-corrected chi connectivity index (χ3v) is 6.43. The molecule has 0 aliphatic heterocycles. The van der Waals surface area contributed by atoms with E-state index in [0.717, 1.165) is 17.0 Å². The SMILES string of the molecule is CC(C)CN(CC(=O)N(Cc1ccc(F)cc1)Cc1coc2ccccc2c1=O)C(=O)Nc1ccccc1C(F)(F)F. The lowest BCUT2D eigenvalue weighted by Gasteiger charge is -2.29. The third kappa shape index (κ3) is 7.54. The molecule has 11 heteroatoms. The molecular formula is C31H29F4N3O4. The zero-order chi connectivity index (χ0) is 30.4. The number of alkyl halides is 3. The van der Waals surface area contributed by atoms with E-state index in [1.165, 1.54) is 47.6 Å². The lowest BCUT2D eigenvalue weighted by Crippen LogP contribution is -2.46. The number of hydrogen-bond donors (Lipinski definition) is 1. The first-order chi connectivity index (χ1) is 19.9. The van der Waals surface area contributed by atoms with Gasteiger partial charge in [-0.25, -0.2) is 9.18 Å². The molecule has 0 atom stereocenters. The van der Waals surface area contributed by atoms with Gasteiger partial charge in [-0.05, 0) is 47.9 Å². The topological polar surface area (TPSA) is 82.9 Å². The van der Waals surface area contributed by atoms with Crippen molar-refractivity contribution in [2.45, 2.75) is 33.1 Å². The summed E-state index contributed by atoms with van der Waals surface area (Å²) in [5.41, 5.74) is -0.670. The molecule has 0 spiro atoms. The largest absolute Gasteiger partial charge is 0.464 e. The molecule has 0 aliphatic rings. The predicted molar refractivity (Wildman–Crippen MR) is 150 cm³/mol. The predicted octanol–water partition coefficient (Wildman–Crippen LogP) is 6.67. The number of amides is 3. The van der Waals surface area contributed by atoms with Crippen molar-refractivity contribution in [3.63, 3.8) is 0 Å². The van der Waals surface area contributed by atoms with Gasteiger partial charge < -0.3 is 19.5 Å². The van der Waals surface area contributed by atoms with Gasteiger partial charge in [-0.2, -0.15) is 13.2 Å². The van der Waals surface area contributed by atoms with Crippen molar-refractivity contribution in [1.82, 2.24) is 9.80 Å². The monoisotopic (exact) mass is 583 g/mol. The van der Waals surface area contributed by atoms with E-state index in [0.29, 0.717) is 16.5 Å². The first-order valence-corrected chi connectivity index (χ1v) is 13.2. The van der Waals surface area contributed by atoms with E-state index in [-0.39, 0.29) is 36.5 Å². The number of carbonyl (C=O) groups excluding carboxylic acids is 2. The summed E-state index contributed by atoms with van der Waals surface area (Å²) in [4.78, 5) is 42.5. The van der Waals surface area contributed by atoms with Crippen LogP contribution in [0.15, 0.2) is 88.3 Å². The number of para-hydroxylation sites is 2. The Labute approximate surface area is 239 Å². The van der Waals surface area contributed by atoms with Gasteiger partial charge in [0.1, 0.15) is 17.9 Å². The smallest absolute Gasteiger partial charge is 0.418 e. The van der Waals surface area contributed by atoms with Crippen LogP contribution in [0.3, 0.4) is 0 Å². The molecule has 0 saturated carbocycles. The number of rotatable bonds is 9. The highest BCUT2D eigenvalue weighted by molar-refractivity contribution is 5.93. The van der Waals surface area contributed by atoms with Crippen molar-refractivity contribution in [1.29, 1.82) is 0 Å². The molecule has 1 heterocycles. The van der Waals surface area contributed by atoms with Crippen LogP contribution < -0.4 is 10.7 Å². The van der Waals surface area contributed by atoms with Crippen LogP contribution >= 0.6 is 0 Å². The van der Waals surface area contributed by atoms with Gasteiger partial charge in [-0.15, -0.1) is 0 Å². The summed E-state index contributed by atoms with van der Waals surface area (Å²) in [6, 6.07) is 15.8. The van der Waals surface area contributed by atoms with Crippen molar-refractivity contribution in [2.75, 3.05) is 18.4 Å². The number of nitrogens with zero attached hydrogens (tertiary/aromatic N) is 2. The molecule has 4 aromatic rings. The van der Waals surface area contributed by atoms with Crippen LogP contribution in [0.4, 0.5) is 28.0 Å².